The minimum atomic E-state index is -3.60. The van der Waals surface area contributed by atoms with Crippen LogP contribution in [-0.4, -0.2) is 96.9 Å². The molecule has 10 atom stereocenters. The molecule has 12 saturated carbocycles. The minimum absolute atomic E-state index is 0.0766. The summed E-state index contributed by atoms with van der Waals surface area (Å²) in [4.78, 5) is 67.3. The second-order valence-corrected chi connectivity index (χ2v) is 26.6. The van der Waals surface area contributed by atoms with E-state index in [9.17, 15) is 32.8 Å². The molecule has 14 aliphatic rings. The van der Waals surface area contributed by atoms with Gasteiger partial charge in [0.05, 0.1) is 24.0 Å². The highest BCUT2D eigenvalue weighted by molar-refractivity contribution is 7.97. The first-order chi connectivity index (χ1) is 31.7. The number of hydrogen-bond donors (Lipinski definition) is 0. The Balaban J connectivity index is 0.000000262. The molecule has 15 rings (SSSR count). The van der Waals surface area contributed by atoms with Crippen LogP contribution < -0.4 is 0 Å². The summed E-state index contributed by atoms with van der Waals surface area (Å²) in [5, 5.41) is 0. The highest BCUT2D eigenvalue weighted by atomic mass is 32.2. The smallest absolute Gasteiger partial charge is 0.377 e. The van der Waals surface area contributed by atoms with E-state index >= 15 is 0 Å². The number of alkyl halides is 2. The number of ether oxygens (including phenoxy) is 6. The fraction of sp³-hybridized carbons (Fsp3) is 0.792. The normalized spacial score (nSPS) is 43.3. The van der Waals surface area contributed by atoms with Crippen molar-refractivity contribution in [3.8, 4) is 0 Å². The molecule has 12 bridgehead atoms. The van der Waals surface area contributed by atoms with Gasteiger partial charge in [0, 0.05) is 53.3 Å². The Hall–Kier alpha value is -2.94. The van der Waals surface area contributed by atoms with Crippen molar-refractivity contribution in [2.75, 3.05) is 37.9 Å². The Labute approximate surface area is 395 Å². The van der Waals surface area contributed by atoms with Gasteiger partial charge in [-0.05, 0) is 137 Å². The molecule has 67 heavy (non-hydrogen) atoms. The van der Waals surface area contributed by atoms with Crippen LogP contribution in [0.15, 0.2) is 29.2 Å². The summed E-state index contributed by atoms with van der Waals surface area (Å²) in [7, 11) is 0.432. The minimum Gasteiger partial charge on any atom is -0.462 e. The number of carbonyl (C=O) groups is 5. The summed E-state index contributed by atoms with van der Waals surface area (Å²) >= 11 is 0. The van der Waals surface area contributed by atoms with E-state index in [2.05, 4.69) is 45.0 Å². The van der Waals surface area contributed by atoms with Crippen LogP contribution in [-0.2, 0) is 68.7 Å². The van der Waals surface area contributed by atoms with Crippen molar-refractivity contribution in [2.24, 2.45) is 64.1 Å². The maximum atomic E-state index is 14.0. The molecule has 0 radical (unpaired) electrons. The van der Waals surface area contributed by atoms with Gasteiger partial charge in [-0.1, -0.05) is 32.9 Å². The van der Waals surface area contributed by atoms with Gasteiger partial charge in [-0.2, -0.15) is 8.78 Å². The number of hydrogen-bond acceptors (Lipinski definition) is 11. The second-order valence-electron chi connectivity index (χ2n) is 24.4. The lowest BCUT2D eigenvalue weighted by molar-refractivity contribution is -0.326. The van der Waals surface area contributed by atoms with Crippen LogP contribution in [0.3, 0.4) is 0 Å². The quantitative estimate of drug-likeness (QED) is 0.135. The van der Waals surface area contributed by atoms with Crippen LogP contribution in [0, 0.1) is 64.1 Å². The zero-order valence-electron chi connectivity index (χ0n) is 39.7. The first-order valence-electron chi connectivity index (χ1n) is 25.5. The number of carbonyl (C=O) groups excluding carboxylic acids is 5. The molecule has 14 heteroatoms. The van der Waals surface area contributed by atoms with Crippen molar-refractivity contribution in [2.45, 2.75) is 164 Å². The number of benzene rings is 1. The molecule has 12 aliphatic carbocycles. The highest BCUT2D eigenvalue weighted by Crippen LogP contribution is 2.65. The topological polar surface area (TPSA) is 141 Å². The van der Waals surface area contributed by atoms with Crippen molar-refractivity contribution >= 4 is 40.4 Å². The largest absolute Gasteiger partial charge is 0.462 e. The maximum Gasteiger partial charge on any atom is 0.377 e. The summed E-state index contributed by atoms with van der Waals surface area (Å²) in [6.45, 7) is 9.01. The third-order valence-corrected chi connectivity index (χ3v) is 20.9. The molecular formula is C53H69F2O11S+. The van der Waals surface area contributed by atoms with Crippen molar-refractivity contribution in [3.05, 3.63) is 29.8 Å². The van der Waals surface area contributed by atoms with Crippen molar-refractivity contribution in [1.82, 2.24) is 0 Å². The number of ketones is 2. The van der Waals surface area contributed by atoms with Gasteiger partial charge < -0.3 is 28.4 Å². The molecule has 2 saturated heterocycles. The Kier molecular flexibility index (Phi) is 11.5. The van der Waals surface area contributed by atoms with E-state index in [0.717, 1.165) is 64.6 Å². The zero-order valence-corrected chi connectivity index (χ0v) is 40.5. The predicted octanol–water partition coefficient (Wildman–Crippen LogP) is 8.11. The summed E-state index contributed by atoms with van der Waals surface area (Å²) in [6, 6.07) is 9.21. The molecule has 7 unspecified atom stereocenters. The monoisotopic (exact) mass is 951 g/mol. The summed E-state index contributed by atoms with van der Waals surface area (Å²) < 4.78 is 64.9. The number of Topliss-reactive ketones (excluding diaryl/α,β-unsaturated/α-hetero) is 2. The highest BCUT2D eigenvalue weighted by Gasteiger charge is 2.70. The van der Waals surface area contributed by atoms with E-state index in [1.807, 2.05) is 0 Å². The van der Waals surface area contributed by atoms with Crippen molar-refractivity contribution in [3.63, 3.8) is 0 Å². The van der Waals surface area contributed by atoms with Gasteiger partial charge in [0.1, 0.15) is 54.1 Å². The van der Waals surface area contributed by atoms with E-state index < -0.39 is 46.3 Å². The van der Waals surface area contributed by atoms with E-state index in [-0.39, 0.29) is 72.0 Å². The van der Waals surface area contributed by atoms with Gasteiger partial charge in [-0.3, -0.25) is 19.2 Å². The van der Waals surface area contributed by atoms with Gasteiger partial charge in [0.15, 0.2) is 10.7 Å². The van der Waals surface area contributed by atoms with E-state index in [1.165, 1.54) is 22.0 Å². The zero-order chi connectivity index (χ0) is 46.9. The molecule has 0 N–H and O–H groups in total. The Morgan fingerprint density at radius 3 is 1.52 bits per heavy atom. The molecular weight excluding hydrogens is 883 g/mol. The van der Waals surface area contributed by atoms with Gasteiger partial charge in [0.25, 0.3) is 0 Å². The van der Waals surface area contributed by atoms with Gasteiger partial charge in [0.2, 0.25) is 0 Å². The molecule has 2 aliphatic heterocycles. The predicted molar refractivity (Wildman–Crippen MR) is 241 cm³/mol. The molecule has 1 aromatic carbocycles. The van der Waals surface area contributed by atoms with Crippen LogP contribution in [0.5, 0.6) is 0 Å². The van der Waals surface area contributed by atoms with Crippen LogP contribution in [0.1, 0.15) is 130 Å². The molecule has 14 fully saturated rings. The SMILES string of the molecule is CC(C)(C)c1ccc([S+]2CCOCC2)cc1.CC(F)(F)C(=O)OC12CC3CC(C1)C1(O[C@@H](COC(=O)C45CC6CC(C4)C(=O)C(C6)C5)[C@H](COC(=O)C45CC6CC(C4)C(=O)C(C6)C5)O1)[C@@H](C3)C2. The number of rotatable bonds is 9. The first-order valence-corrected chi connectivity index (χ1v) is 27.1. The Morgan fingerprint density at radius 1 is 0.642 bits per heavy atom. The van der Waals surface area contributed by atoms with Crippen LogP contribution in [0.2, 0.25) is 0 Å². The van der Waals surface area contributed by atoms with Crippen LogP contribution in [0.25, 0.3) is 0 Å². The lowest BCUT2D eigenvalue weighted by atomic mass is 9.49. The maximum absolute atomic E-state index is 14.0. The molecule has 366 valence electrons. The number of esters is 3. The third-order valence-electron chi connectivity index (χ3n) is 18.6. The summed E-state index contributed by atoms with van der Waals surface area (Å²) in [6.07, 6.45) is 8.13. The van der Waals surface area contributed by atoms with Crippen LogP contribution in [0.4, 0.5) is 8.78 Å². The molecule has 0 amide bonds. The second kappa shape index (κ2) is 16.6. The van der Waals surface area contributed by atoms with Crippen molar-refractivity contribution < 1.29 is 61.2 Å². The fourth-order valence-electron chi connectivity index (χ4n) is 16.1. The average Bonchev–Trinajstić information content (AvgIpc) is 3.65. The first kappa shape index (κ1) is 46.4. The van der Waals surface area contributed by atoms with E-state index in [1.54, 1.807) is 0 Å². The van der Waals surface area contributed by atoms with E-state index in [0.29, 0.717) is 86.2 Å². The van der Waals surface area contributed by atoms with Crippen molar-refractivity contribution in [1.29, 1.82) is 0 Å². The van der Waals surface area contributed by atoms with Crippen LogP contribution >= 0.6 is 0 Å². The molecule has 1 spiro atoms. The average molecular weight is 952 g/mol. The van der Waals surface area contributed by atoms with E-state index in [4.69, 9.17) is 28.4 Å². The van der Waals surface area contributed by atoms with Gasteiger partial charge >= 0.3 is 23.8 Å². The third kappa shape index (κ3) is 8.23. The Bertz CT molecular complexity index is 2030. The standard InChI is InChI=1S/C39H48F2O10.C14H21OS/c1-35(40,41)32(44)51-38-10-21-6-26(15-38)39(27(7-21)16-38)49-28(17-47-33(45)36-8-19-2-22(11-36)30(42)23(3-19)12-36)29(50-39)18-48-34(46)37-9-20-4-24(13-37)31(43)25(5-20)14-37;1-14(2,3)12-4-6-13(7-5-12)16-10-8-15-9-11-16/h19-29H,2-18H2,1H3;4-7H,8-11H2,1-3H3/q;+1/t19?,20?,21?,22?,23?,24?,25?,26-,27?,28-,29-,36?,37?,38?,39?;/m0./s1. The molecule has 1 aromatic rings. The Morgan fingerprint density at radius 2 is 1.09 bits per heavy atom. The lowest BCUT2D eigenvalue weighted by Gasteiger charge is -2.62. The van der Waals surface area contributed by atoms with Gasteiger partial charge in [-0.15, -0.1) is 0 Å². The summed E-state index contributed by atoms with van der Waals surface area (Å²) in [5.41, 5.74) is -0.659. The summed E-state index contributed by atoms with van der Waals surface area (Å²) in [5.74, 6) is -3.75. The molecule has 2 heterocycles. The lowest BCUT2D eigenvalue weighted by Crippen LogP contribution is -2.65. The number of halogens is 2. The molecule has 11 nitrogen and oxygen atoms in total. The van der Waals surface area contributed by atoms with Gasteiger partial charge in [-0.25, -0.2) is 4.79 Å². The fourth-order valence-corrected chi connectivity index (χ4v) is 17.9. The molecule has 0 aromatic heterocycles.